The summed E-state index contributed by atoms with van der Waals surface area (Å²) in [6, 6.07) is 13.4. The van der Waals surface area contributed by atoms with Gasteiger partial charge in [-0.2, -0.15) is 0 Å². The molecule has 8 heteroatoms. The molecule has 4 rings (SSSR count). The Hall–Kier alpha value is -1.66. The quantitative estimate of drug-likeness (QED) is 0.210. The van der Waals surface area contributed by atoms with Gasteiger partial charge < -0.3 is 37.2 Å². The van der Waals surface area contributed by atoms with Gasteiger partial charge in [-0.1, -0.05) is 0 Å². The van der Waals surface area contributed by atoms with Crippen molar-refractivity contribution in [3.05, 3.63) is 92.1 Å². The van der Waals surface area contributed by atoms with Crippen LogP contribution in [0.3, 0.4) is 0 Å². The summed E-state index contributed by atoms with van der Waals surface area (Å²) in [5.74, 6) is 2.89. The minimum atomic E-state index is -3.24. The maximum Gasteiger partial charge on any atom is -1.00 e. The summed E-state index contributed by atoms with van der Waals surface area (Å²) in [5, 5.41) is 3.88. The molecule has 0 aromatic heterocycles. The summed E-state index contributed by atoms with van der Waals surface area (Å²) in [4.78, 5) is 0. The largest absolute Gasteiger partial charge is 1.00 e. The summed E-state index contributed by atoms with van der Waals surface area (Å²) in [5.41, 5.74) is 12.7. The van der Waals surface area contributed by atoms with Gasteiger partial charge in [-0.15, -0.1) is 0 Å². The molecule has 3 aromatic rings. The van der Waals surface area contributed by atoms with Crippen molar-refractivity contribution in [3.63, 3.8) is 0 Å². The van der Waals surface area contributed by atoms with E-state index in [0.29, 0.717) is 0 Å². The monoisotopic (exact) mass is 706 g/mol. The minimum absolute atomic E-state index is 0. The van der Waals surface area contributed by atoms with Crippen molar-refractivity contribution in [2.24, 2.45) is 0 Å². The first-order chi connectivity index (χ1) is 19.3. The van der Waals surface area contributed by atoms with Crippen LogP contribution in [-0.2, 0) is 20.4 Å². The Morgan fingerprint density at radius 1 is 0.455 bits per heavy atom. The molecule has 3 nitrogen and oxygen atoms in total. The molecule has 1 aliphatic carbocycles. The van der Waals surface area contributed by atoms with Crippen LogP contribution in [0, 0.1) is 41.5 Å². The van der Waals surface area contributed by atoms with E-state index in [1.807, 2.05) is 21.3 Å². The fourth-order valence-electron chi connectivity index (χ4n) is 7.45. The van der Waals surface area contributed by atoms with Gasteiger partial charge in [0.2, 0.25) is 0 Å². The zero-order valence-electron chi connectivity index (χ0n) is 28.3. The first-order valence-corrected chi connectivity index (χ1v) is 17.1. The van der Waals surface area contributed by atoms with Gasteiger partial charge in [-0.05, 0) is 0 Å². The molecule has 0 aliphatic heterocycles. The first-order valence-electron chi connectivity index (χ1n) is 14.3. The average molecular weight is 708 g/mol. The van der Waals surface area contributed by atoms with Crippen molar-refractivity contribution in [3.8, 4) is 17.2 Å². The van der Waals surface area contributed by atoms with Crippen molar-refractivity contribution in [2.75, 3.05) is 21.3 Å². The van der Waals surface area contributed by atoms with Crippen molar-refractivity contribution in [2.45, 2.75) is 72.6 Å². The molecule has 3 aromatic carbocycles. The van der Waals surface area contributed by atoms with Crippen molar-refractivity contribution in [1.82, 2.24) is 0 Å². The fourth-order valence-corrected chi connectivity index (χ4v) is 17.1. The molecule has 0 bridgehead atoms. The molecule has 44 heavy (non-hydrogen) atoms. The maximum atomic E-state index is 6.44. The van der Waals surface area contributed by atoms with Gasteiger partial charge in [-0.25, -0.2) is 0 Å². The van der Waals surface area contributed by atoms with Gasteiger partial charge in [-0.3, -0.25) is 0 Å². The van der Waals surface area contributed by atoms with E-state index < -0.39 is 8.07 Å². The van der Waals surface area contributed by atoms with E-state index in [1.165, 1.54) is 54.5 Å². The van der Waals surface area contributed by atoms with E-state index in [2.05, 4.69) is 126 Å². The topological polar surface area (TPSA) is 27.7 Å². The normalized spacial score (nSPS) is 14.1. The fraction of sp³-hybridized carbons (Fsp3) is 0.389. The molecule has 0 saturated heterocycles. The van der Waals surface area contributed by atoms with Crippen molar-refractivity contribution < 1.29 is 71.9 Å². The van der Waals surface area contributed by atoms with Gasteiger partial charge in [0, 0.05) is 0 Å². The molecule has 0 heterocycles. The third kappa shape index (κ3) is 5.52. The summed E-state index contributed by atoms with van der Waals surface area (Å²) in [6.45, 7) is 22.5. The Labute approximate surface area is 296 Å². The van der Waals surface area contributed by atoms with E-state index in [9.17, 15) is 0 Å². The van der Waals surface area contributed by atoms with E-state index in [4.69, 9.17) is 14.2 Å². The van der Waals surface area contributed by atoms with Crippen LogP contribution in [-0.4, -0.2) is 29.4 Å². The van der Waals surface area contributed by atoms with E-state index in [0.717, 1.165) is 33.9 Å². The van der Waals surface area contributed by atoms with Crippen LogP contribution in [0.15, 0.2) is 58.7 Å². The van der Waals surface area contributed by atoms with Crippen LogP contribution in [0.1, 0.15) is 61.1 Å². The zero-order valence-corrected chi connectivity index (χ0v) is 33.2. The van der Waals surface area contributed by atoms with E-state index >= 15 is 0 Å². The molecule has 0 radical (unpaired) electrons. The number of ether oxygens (including phenoxy) is 3. The van der Waals surface area contributed by atoms with Crippen LogP contribution in [0.4, 0.5) is 0 Å². The predicted octanol–water partition coefficient (Wildman–Crippen LogP) is -2.02. The predicted molar refractivity (Wildman–Crippen MR) is 172 cm³/mol. The molecular weight excluding hydrogens is 663 g/mol. The van der Waals surface area contributed by atoms with Crippen LogP contribution in [0.2, 0.25) is 3.34 Å². The SMILES string of the molecule is COc1c(C)ccc(C)c1[Si](c1c(C)ccc(C)c1OC)(c1c(C)ccc(C)c1OC)[C]1([Ti+3])C(C)=C(C)C(C)=C1C.[Cl-].[Cl-].[Cl-]. The summed E-state index contributed by atoms with van der Waals surface area (Å²) >= 11 is 2.49. The zero-order chi connectivity index (χ0) is 30.6. The summed E-state index contributed by atoms with van der Waals surface area (Å²) in [7, 11) is 2.23. The number of methoxy groups -OCH3 is 3. The Bertz CT molecular complexity index is 1460. The number of aryl methyl sites for hydroxylation is 6. The van der Waals surface area contributed by atoms with Gasteiger partial charge in [0.15, 0.2) is 0 Å². The van der Waals surface area contributed by atoms with Gasteiger partial charge in [0.25, 0.3) is 0 Å². The van der Waals surface area contributed by atoms with Crippen LogP contribution < -0.4 is 67.0 Å². The number of halogens is 3. The molecule has 0 spiro atoms. The average Bonchev–Trinajstić information content (AvgIpc) is 3.10. The van der Waals surface area contributed by atoms with Crippen LogP contribution in [0.25, 0.3) is 0 Å². The molecular formula is C36H45Cl3O3SiTi. The van der Waals surface area contributed by atoms with Crippen molar-refractivity contribution >= 4 is 23.6 Å². The Kier molecular flexibility index (Phi) is 13.6. The third-order valence-electron chi connectivity index (χ3n) is 9.80. The molecule has 0 saturated carbocycles. The van der Waals surface area contributed by atoms with E-state index in [1.54, 1.807) is 0 Å². The number of rotatable bonds is 7. The molecule has 236 valence electrons. The molecule has 0 N–H and O–H groups in total. The Morgan fingerprint density at radius 3 is 0.909 bits per heavy atom. The molecule has 0 unspecified atom stereocenters. The molecule has 0 fully saturated rings. The minimum Gasteiger partial charge on any atom is -1.00 e. The maximum absolute atomic E-state index is 6.44. The Balaban J connectivity index is 0.00000323. The van der Waals surface area contributed by atoms with Crippen molar-refractivity contribution in [1.29, 1.82) is 0 Å². The second-order valence-electron chi connectivity index (χ2n) is 11.8. The third-order valence-corrected chi connectivity index (χ3v) is 18.7. The number of hydrogen-bond donors (Lipinski definition) is 0. The summed E-state index contributed by atoms with van der Waals surface area (Å²) < 4.78 is 19.0. The van der Waals surface area contributed by atoms with Gasteiger partial charge in [0.1, 0.15) is 0 Å². The smallest absolute Gasteiger partial charge is 1.00 e. The van der Waals surface area contributed by atoms with E-state index in [-0.39, 0.29) is 40.6 Å². The van der Waals surface area contributed by atoms with Crippen LogP contribution in [0.5, 0.6) is 17.2 Å². The molecule has 0 atom stereocenters. The standard InChI is InChI=1S/C36H45O3Si.3ClH.Ti/c1-20-14-17-23(4)33(30(20)37-11)40(36-28(9)26(7)27(8)29(36)10,34-24(5)18-15-21(2)31(34)38-12)35-25(6)19-16-22(3)32(35)39-13;;;;/h14-19H,1-13H3;3*1H;/q;;;;+3/p-3. The first kappa shape index (κ1) is 40.4. The Morgan fingerprint density at radius 2 is 0.682 bits per heavy atom. The summed E-state index contributed by atoms with van der Waals surface area (Å²) in [6.07, 6.45) is 0. The van der Waals surface area contributed by atoms with Gasteiger partial charge >= 0.3 is 262 Å². The van der Waals surface area contributed by atoms with Crippen LogP contribution >= 0.6 is 0 Å². The number of allylic oxidation sites excluding steroid dienone is 4. The second-order valence-corrected chi connectivity index (χ2v) is 17.5. The second kappa shape index (κ2) is 14.8. The number of hydrogen-bond acceptors (Lipinski definition) is 3. The number of benzene rings is 3. The molecule has 1 aliphatic rings. The molecule has 0 amide bonds. The van der Waals surface area contributed by atoms with Gasteiger partial charge in [0.05, 0.1) is 0 Å².